The number of nitrogens with zero attached hydrogens (tertiary/aromatic N) is 3. The second-order valence-electron chi connectivity index (χ2n) is 4.07. The van der Waals surface area contributed by atoms with Gasteiger partial charge in [-0.3, -0.25) is 0 Å². The van der Waals surface area contributed by atoms with Crippen molar-refractivity contribution in [3.63, 3.8) is 0 Å². The lowest BCUT2D eigenvalue weighted by molar-refractivity contribution is 0.962. The van der Waals surface area contributed by atoms with E-state index in [9.17, 15) is 0 Å². The predicted octanol–water partition coefficient (Wildman–Crippen LogP) is 4.01. The number of aromatic nitrogens is 3. The quantitative estimate of drug-likeness (QED) is 0.673. The van der Waals surface area contributed by atoms with Gasteiger partial charge in [-0.05, 0) is 42.8 Å². The number of pyridine rings is 1. The van der Waals surface area contributed by atoms with E-state index < -0.39 is 0 Å². The molecule has 5 heteroatoms. The highest BCUT2D eigenvalue weighted by molar-refractivity contribution is 6.35. The van der Waals surface area contributed by atoms with Gasteiger partial charge in [-0.25, -0.2) is 9.50 Å². The van der Waals surface area contributed by atoms with E-state index in [-0.39, 0.29) is 0 Å². The minimum absolute atomic E-state index is 0.577. The van der Waals surface area contributed by atoms with Crippen LogP contribution < -0.4 is 0 Å². The molecule has 2 heterocycles. The van der Waals surface area contributed by atoms with Crippen LogP contribution in [0, 0.1) is 6.92 Å². The Kier molecular flexibility index (Phi) is 2.73. The zero-order valence-corrected chi connectivity index (χ0v) is 11.1. The molecule has 0 spiro atoms. The van der Waals surface area contributed by atoms with Crippen LogP contribution in [-0.4, -0.2) is 14.6 Å². The first-order valence-corrected chi connectivity index (χ1v) is 6.17. The van der Waals surface area contributed by atoms with Gasteiger partial charge in [-0.15, -0.1) is 5.10 Å². The molecule has 0 N–H and O–H groups in total. The van der Waals surface area contributed by atoms with Crippen molar-refractivity contribution in [2.45, 2.75) is 6.92 Å². The van der Waals surface area contributed by atoms with Crippen molar-refractivity contribution < 1.29 is 0 Å². The largest absolute Gasteiger partial charge is 0.221 e. The highest BCUT2D eigenvalue weighted by atomic mass is 35.5. The van der Waals surface area contributed by atoms with E-state index in [1.165, 1.54) is 0 Å². The lowest BCUT2D eigenvalue weighted by Crippen LogP contribution is -1.87. The van der Waals surface area contributed by atoms with Crippen molar-refractivity contribution >= 4 is 28.8 Å². The molecule has 3 aromatic rings. The Hall–Kier alpha value is -1.58. The number of benzene rings is 1. The van der Waals surface area contributed by atoms with Gasteiger partial charge in [-0.2, -0.15) is 0 Å². The second kappa shape index (κ2) is 4.26. The summed E-state index contributed by atoms with van der Waals surface area (Å²) in [6.07, 6.45) is 1.87. The maximum absolute atomic E-state index is 6.14. The summed E-state index contributed by atoms with van der Waals surface area (Å²) in [4.78, 5) is 4.45. The number of halogens is 2. The van der Waals surface area contributed by atoms with Crippen molar-refractivity contribution in [3.8, 4) is 11.4 Å². The topological polar surface area (TPSA) is 30.2 Å². The molecule has 0 aliphatic carbocycles. The highest BCUT2D eigenvalue weighted by Crippen LogP contribution is 2.28. The summed E-state index contributed by atoms with van der Waals surface area (Å²) >= 11 is 12.1. The Balaban J connectivity index is 2.22. The first kappa shape index (κ1) is 11.5. The van der Waals surface area contributed by atoms with Crippen molar-refractivity contribution in [1.82, 2.24) is 14.6 Å². The molecule has 0 saturated carbocycles. The van der Waals surface area contributed by atoms with E-state index in [2.05, 4.69) is 10.1 Å². The Morgan fingerprint density at radius 1 is 1.11 bits per heavy atom. The average molecular weight is 278 g/mol. The predicted molar refractivity (Wildman–Crippen MR) is 73.2 cm³/mol. The molecule has 0 bridgehead atoms. The third-order valence-electron chi connectivity index (χ3n) is 2.66. The summed E-state index contributed by atoms with van der Waals surface area (Å²) in [6.45, 7) is 2.01. The van der Waals surface area contributed by atoms with Gasteiger partial charge < -0.3 is 0 Å². The number of rotatable bonds is 1. The van der Waals surface area contributed by atoms with Crippen LogP contribution in [-0.2, 0) is 0 Å². The van der Waals surface area contributed by atoms with Gasteiger partial charge >= 0.3 is 0 Å². The first-order valence-electron chi connectivity index (χ1n) is 5.42. The van der Waals surface area contributed by atoms with E-state index in [0.717, 1.165) is 16.8 Å². The summed E-state index contributed by atoms with van der Waals surface area (Å²) in [7, 11) is 0. The number of fused-ring (bicyclic) bond motifs is 1. The summed E-state index contributed by atoms with van der Waals surface area (Å²) in [5.41, 5.74) is 2.67. The van der Waals surface area contributed by atoms with Gasteiger partial charge in [0, 0.05) is 16.8 Å². The molecular formula is C13H9Cl2N3. The van der Waals surface area contributed by atoms with Gasteiger partial charge in [0.05, 0.1) is 5.02 Å². The summed E-state index contributed by atoms with van der Waals surface area (Å²) in [5, 5.41) is 5.59. The van der Waals surface area contributed by atoms with Crippen LogP contribution in [0.1, 0.15) is 5.56 Å². The molecule has 0 radical (unpaired) electrons. The van der Waals surface area contributed by atoms with E-state index in [1.807, 2.05) is 25.3 Å². The van der Waals surface area contributed by atoms with Gasteiger partial charge in [-0.1, -0.05) is 23.2 Å². The zero-order chi connectivity index (χ0) is 12.7. The maximum atomic E-state index is 6.14. The molecule has 0 amide bonds. The minimum atomic E-state index is 0.577. The number of aryl methyl sites for hydroxylation is 1. The monoisotopic (exact) mass is 277 g/mol. The van der Waals surface area contributed by atoms with Gasteiger partial charge in [0.1, 0.15) is 0 Å². The molecule has 2 aromatic heterocycles. The van der Waals surface area contributed by atoms with Crippen LogP contribution in [0.2, 0.25) is 10.0 Å². The molecule has 1 aromatic carbocycles. The summed E-state index contributed by atoms with van der Waals surface area (Å²) in [6, 6.07) is 9.20. The molecule has 0 aliphatic heterocycles. The Morgan fingerprint density at radius 3 is 2.78 bits per heavy atom. The van der Waals surface area contributed by atoms with Crippen LogP contribution in [0.25, 0.3) is 17.0 Å². The van der Waals surface area contributed by atoms with Crippen LogP contribution in [0.3, 0.4) is 0 Å². The van der Waals surface area contributed by atoms with E-state index in [1.54, 1.807) is 22.7 Å². The summed E-state index contributed by atoms with van der Waals surface area (Å²) in [5.74, 6) is 0.577. The molecule has 0 saturated heterocycles. The molecule has 0 atom stereocenters. The molecule has 18 heavy (non-hydrogen) atoms. The second-order valence-corrected chi connectivity index (χ2v) is 4.91. The van der Waals surface area contributed by atoms with Crippen molar-refractivity contribution in [2.24, 2.45) is 0 Å². The van der Waals surface area contributed by atoms with Crippen LogP contribution >= 0.6 is 23.2 Å². The molecule has 0 aliphatic rings. The fourth-order valence-electron chi connectivity index (χ4n) is 1.77. The summed E-state index contributed by atoms with van der Waals surface area (Å²) < 4.78 is 1.72. The Labute approximate surface area is 114 Å². The lowest BCUT2D eigenvalue weighted by atomic mass is 10.2. The zero-order valence-electron chi connectivity index (χ0n) is 9.56. The van der Waals surface area contributed by atoms with E-state index >= 15 is 0 Å². The Bertz CT molecular complexity index is 734. The molecule has 90 valence electrons. The molecule has 3 nitrogen and oxygen atoms in total. The highest BCUT2D eigenvalue weighted by Gasteiger charge is 2.10. The van der Waals surface area contributed by atoms with Gasteiger partial charge in [0.25, 0.3) is 0 Å². The maximum Gasteiger partial charge on any atom is 0.183 e. The normalized spacial score (nSPS) is 11.1. The van der Waals surface area contributed by atoms with Gasteiger partial charge in [0.2, 0.25) is 0 Å². The molecule has 3 rings (SSSR count). The number of hydrogen-bond donors (Lipinski definition) is 0. The van der Waals surface area contributed by atoms with Gasteiger partial charge in [0.15, 0.2) is 11.5 Å². The molecule has 0 fully saturated rings. The van der Waals surface area contributed by atoms with Crippen LogP contribution in [0.15, 0.2) is 36.5 Å². The molecular weight excluding hydrogens is 269 g/mol. The first-order chi connectivity index (χ1) is 8.63. The smallest absolute Gasteiger partial charge is 0.183 e. The van der Waals surface area contributed by atoms with E-state index in [0.29, 0.717) is 15.9 Å². The molecule has 0 unspecified atom stereocenters. The third-order valence-corrected chi connectivity index (χ3v) is 3.23. The van der Waals surface area contributed by atoms with Crippen molar-refractivity contribution in [2.75, 3.05) is 0 Å². The van der Waals surface area contributed by atoms with Crippen molar-refractivity contribution in [1.29, 1.82) is 0 Å². The minimum Gasteiger partial charge on any atom is -0.221 e. The fraction of sp³-hybridized carbons (Fsp3) is 0.0769. The van der Waals surface area contributed by atoms with Crippen LogP contribution in [0.5, 0.6) is 0 Å². The third kappa shape index (κ3) is 1.96. The fourth-order valence-corrected chi connectivity index (χ4v) is 2.14. The van der Waals surface area contributed by atoms with Crippen LogP contribution in [0.4, 0.5) is 0 Å². The lowest BCUT2D eigenvalue weighted by Gasteiger charge is -1.99. The number of hydrogen-bond acceptors (Lipinski definition) is 2. The standard InChI is InChI=1S/C13H9Cl2N3/c1-8-4-5-18-12(6-8)16-13(17-18)10-7-9(14)2-3-11(10)15/h2-7H,1H3. The average Bonchev–Trinajstić information content (AvgIpc) is 2.74. The Morgan fingerprint density at radius 2 is 1.94 bits per heavy atom. The van der Waals surface area contributed by atoms with E-state index in [4.69, 9.17) is 23.2 Å². The SMILES string of the molecule is Cc1ccn2nc(-c3cc(Cl)ccc3Cl)nc2c1. The van der Waals surface area contributed by atoms with Crippen molar-refractivity contribution in [3.05, 3.63) is 52.1 Å².